The van der Waals surface area contributed by atoms with Crippen molar-refractivity contribution in [3.05, 3.63) is 77.3 Å². The van der Waals surface area contributed by atoms with E-state index in [9.17, 15) is 14.7 Å². The molecular weight excluding hydrogens is 450 g/mol. The second-order valence-corrected chi connectivity index (χ2v) is 8.84. The zero-order valence-corrected chi connectivity index (χ0v) is 19.2. The quantitative estimate of drug-likeness (QED) is 0.330. The molecule has 0 atom stereocenters. The first-order valence-corrected chi connectivity index (χ1v) is 11.7. The van der Waals surface area contributed by atoms with Crippen molar-refractivity contribution in [1.29, 1.82) is 0 Å². The van der Waals surface area contributed by atoms with Crippen LogP contribution < -0.4 is 5.56 Å². The van der Waals surface area contributed by atoms with E-state index in [1.807, 2.05) is 61.5 Å². The Labute approximate surface area is 198 Å². The van der Waals surface area contributed by atoms with E-state index in [-0.39, 0.29) is 23.7 Å². The molecular formula is C25H21N5O3S. The van der Waals surface area contributed by atoms with Gasteiger partial charge in [-0.25, -0.2) is 4.98 Å². The number of aryl methyl sites for hydroxylation is 1. The van der Waals surface area contributed by atoms with Gasteiger partial charge in [-0.05, 0) is 24.1 Å². The predicted molar refractivity (Wildman–Crippen MR) is 133 cm³/mol. The maximum atomic E-state index is 12.9. The van der Waals surface area contributed by atoms with Crippen molar-refractivity contribution in [2.24, 2.45) is 10.2 Å². The van der Waals surface area contributed by atoms with E-state index in [1.165, 1.54) is 22.2 Å². The third-order valence-electron chi connectivity index (χ3n) is 5.51. The Morgan fingerprint density at radius 1 is 1.09 bits per heavy atom. The van der Waals surface area contributed by atoms with Gasteiger partial charge in [-0.2, -0.15) is 0 Å². The number of fused-ring (bicyclic) bond motifs is 2. The van der Waals surface area contributed by atoms with Crippen LogP contribution in [0.5, 0.6) is 5.88 Å². The average Bonchev–Trinajstić information content (AvgIpc) is 3.41. The molecule has 3 aromatic heterocycles. The van der Waals surface area contributed by atoms with Gasteiger partial charge >= 0.3 is 0 Å². The van der Waals surface area contributed by atoms with Crippen molar-refractivity contribution in [2.75, 3.05) is 0 Å². The van der Waals surface area contributed by atoms with Crippen molar-refractivity contribution in [1.82, 2.24) is 14.1 Å². The largest absolute Gasteiger partial charge is 0.493 e. The van der Waals surface area contributed by atoms with Gasteiger partial charge in [0.2, 0.25) is 5.88 Å². The molecule has 0 fully saturated rings. The first kappa shape index (κ1) is 21.7. The van der Waals surface area contributed by atoms with Crippen LogP contribution >= 0.6 is 11.3 Å². The topological polar surface area (TPSA) is 102 Å². The number of amides is 1. The molecule has 0 radical (unpaired) electrons. The monoisotopic (exact) mass is 471 g/mol. The summed E-state index contributed by atoms with van der Waals surface area (Å²) in [4.78, 5) is 31.4. The maximum Gasteiger partial charge on any atom is 0.284 e. The minimum atomic E-state index is -0.617. The van der Waals surface area contributed by atoms with E-state index >= 15 is 0 Å². The Morgan fingerprint density at radius 3 is 2.65 bits per heavy atom. The van der Waals surface area contributed by atoms with Crippen LogP contribution in [0.2, 0.25) is 0 Å². The number of nitrogens with zero attached hydrogens (tertiary/aromatic N) is 5. The normalized spacial score (nSPS) is 11.7. The van der Waals surface area contributed by atoms with E-state index in [0.717, 1.165) is 22.4 Å². The number of carbonyl (C=O) groups excluding carboxylic acids is 1. The van der Waals surface area contributed by atoms with Crippen molar-refractivity contribution in [2.45, 2.75) is 26.4 Å². The molecule has 0 saturated heterocycles. The molecule has 5 aromatic rings. The fraction of sp³-hybridized carbons (Fsp3) is 0.160. The average molecular weight is 472 g/mol. The van der Waals surface area contributed by atoms with Crippen molar-refractivity contribution >= 4 is 44.1 Å². The van der Waals surface area contributed by atoms with Crippen molar-refractivity contribution in [3.8, 4) is 16.3 Å². The number of aromatic hydroxyl groups is 1. The lowest BCUT2D eigenvalue weighted by Crippen LogP contribution is -2.23. The van der Waals surface area contributed by atoms with Gasteiger partial charge in [0.1, 0.15) is 11.4 Å². The first-order valence-electron chi connectivity index (χ1n) is 10.9. The van der Waals surface area contributed by atoms with Gasteiger partial charge in [0, 0.05) is 16.8 Å². The maximum absolute atomic E-state index is 12.9. The molecule has 0 unspecified atom stereocenters. The highest BCUT2D eigenvalue weighted by molar-refractivity contribution is 7.21. The molecule has 3 heterocycles. The molecule has 1 N–H and O–H groups in total. The number of hydrogen-bond acceptors (Lipinski definition) is 6. The summed E-state index contributed by atoms with van der Waals surface area (Å²) in [5, 5.41) is 19.6. The molecule has 0 aliphatic heterocycles. The number of carbonyl (C=O) groups is 1. The number of hydrogen-bond donors (Lipinski definition) is 1. The lowest BCUT2D eigenvalue weighted by Gasteiger charge is -2.03. The van der Waals surface area contributed by atoms with Gasteiger partial charge < -0.3 is 9.67 Å². The van der Waals surface area contributed by atoms with Crippen molar-refractivity contribution in [3.63, 3.8) is 0 Å². The highest BCUT2D eigenvalue weighted by Crippen LogP contribution is 2.39. The standard InChI is InChI=1S/C25H21N5O3S/c1-2-12-30-19-11-7-6-10-17(19)22(25(30)33)28-27-21(31)14-29-15-26-23-18(24(29)32)13-20(34-23)16-8-4-3-5-9-16/h3-11,13,15,33H,2,12,14H2,1H3. The Bertz CT molecular complexity index is 1600. The summed E-state index contributed by atoms with van der Waals surface area (Å²) in [6.45, 7) is 2.33. The zero-order valence-electron chi connectivity index (χ0n) is 18.4. The van der Waals surface area contributed by atoms with Crippen LogP contribution in [0.1, 0.15) is 13.3 Å². The smallest absolute Gasteiger partial charge is 0.284 e. The van der Waals surface area contributed by atoms with E-state index < -0.39 is 5.91 Å². The zero-order chi connectivity index (χ0) is 23.7. The number of thiophene rings is 1. The number of benzene rings is 2. The number of rotatable bonds is 6. The Kier molecular flexibility index (Phi) is 5.77. The molecule has 1 amide bonds. The molecule has 0 spiro atoms. The van der Waals surface area contributed by atoms with Crippen LogP contribution in [0.4, 0.5) is 5.69 Å². The molecule has 9 heteroatoms. The summed E-state index contributed by atoms with van der Waals surface area (Å²) in [6.07, 6.45) is 2.18. The van der Waals surface area contributed by atoms with Crippen LogP contribution in [0, 0.1) is 0 Å². The number of aromatic nitrogens is 3. The molecule has 8 nitrogen and oxygen atoms in total. The highest BCUT2D eigenvalue weighted by atomic mass is 32.1. The minimum Gasteiger partial charge on any atom is -0.493 e. The van der Waals surface area contributed by atoms with Gasteiger partial charge in [0.25, 0.3) is 11.5 Å². The van der Waals surface area contributed by atoms with Crippen molar-refractivity contribution < 1.29 is 9.90 Å². The number of azo groups is 1. The first-order chi connectivity index (χ1) is 16.6. The summed E-state index contributed by atoms with van der Waals surface area (Å²) < 4.78 is 2.98. The van der Waals surface area contributed by atoms with Gasteiger partial charge in [-0.1, -0.05) is 55.5 Å². The summed E-state index contributed by atoms with van der Waals surface area (Å²) in [7, 11) is 0. The lowest BCUT2D eigenvalue weighted by atomic mass is 10.2. The van der Waals surface area contributed by atoms with Crippen LogP contribution in [0.15, 0.2) is 82.0 Å². The summed E-state index contributed by atoms with van der Waals surface area (Å²) in [5.41, 5.74) is 1.75. The Morgan fingerprint density at radius 2 is 1.85 bits per heavy atom. The van der Waals surface area contributed by atoms with Crippen LogP contribution in [-0.2, 0) is 17.9 Å². The SMILES string of the molecule is CCCn1c(O)c(N=NC(=O)Cn2cnc3sc(-c4ccccc4)cc3c2=O)c2ccccc21. The summed E-state index contributed by atoms with van der Waals surface area (Å²) in [6, 6.07) is 19.0. The fourth-order valence-corrected chi connectivity index (χ4v) is 4.92. The molecule has 0 aliphatic rings. The fourth-order valence-electron chi connectivity index (χ4n) is 3.92. The van der Waals surface area contributed by atoms with Gasteiger partial charge in [-0.3, -0.25) is 14.2 Å². The van der Waals surface area contributed by atoms with Crippen LogP contribution in [0.3, 0.4) is 0 Å². The van der Waals surface area contributed by atoms with Crippen LogP contribution in [0.25, 0.3) is 31.6 Å². The van der Waals surface area contributed by atoms with E-state index in [1.54, 1.807) is 10.6 Å². The molecule has 34 heavy (non-hydrogen) atoms. The second kappa shape index (κ2) is 9.03. The van der Waals surface area contributed by atoms with E-state index in [0.29, 0.717) is 22.1 Å². The van der Waals surface area contributed by atoms with Crippen LogP contribution in [-0.4, -0.2) is 25.1 Å². The Balaban J connectivity index is 1.42. The molecule has 170 valence electrons. The van der Waals surface area contributed by atoms with Gasteiger partial charge in [0.15, 0.2) is 5.69 Å². The summed E-state index contributed by atoms with van der Waals surface area (Å²) in [5.74, 6) is -0.653. The van der Waals surface area contributed by atoms with Gasteiger partial charge in [-0.15, -0.1) is 21.6 Å². The highest BCUT2D eigenvalue weighted by Gasteiger charge is 2.17. The second-order valence-electron chi connectivity index (χ2n) is 7.81. The number of para-hydroxylation sites is 1. The molecule has 0 bridgehead atoms. The van der Waals surface area contributed by atoms with Gasteiger partial charge in [0.05, 0.1) is 17.2 Å². The predicted octanol–water partition coefficient (Wildman–Crippen LogP) is 5.51. The minimum absolute atomic E-state index is 0.0356. The van der Waals surface area contributed by atoms with E-state index in [4.69, 9.17) is 0 Å². The third kappa shape index (κ3) is 3.90. The Hall–Kier alpha value is -4.11. The third-order valence-corrected chi connectivity index (χ3v) is 6.60. The molecule has 2 aromatic carbocycles. The summed E-state index contributed by atoms with van der Waals surface area (Å²) >= 11 is 1.43. The van der Waals surface area contributed by atoms with E-state index in [2.05, 4.69) is 15.2 Å². The molecule has 5 rings (SSSR count). The lowest BCUT2D eigenvalue weighted by molar-refractivity contribution is -0.118. The molecule has 0 aliphatic carbocycles. The molecule has 0 saturated carbocycles.